The summed E-state index contributed by atoms with van der Waals surface area (Å²) in [6.45, 7) is 3.31. The highest BCUT2D eigenvalue weighted by Gasteiger charge is 2.32. The van der Waals surface area contributed by atoms with Crippen LogP contribution in [0.5, 0.6) is 0 Å². The Kier molecular flexibility index (Phi) is 34.4. The largest absolute Gasteiger partial charge is 0.465 e. The minimum atomic E-state index is -1.18. The number of carbonyl (C=O) groups is 2. The van der Waals surface area contributed by atoms with Crippen LogP contribution in [-0.4, -0.2) is 48.6 Å². The first-order chi connectivity index (χ1) is 23.0. The second-order valence-electron chi connectivity index (χ2n) is 13.8. The van der Waals surface area contributed by atoms with Crippen LogP contribution in [0.4, 0.5) is 0 Å². The third kappa shape index (κ3) is 31.4. The molecule has 0 spiro atoms. The SMILES string of the molecule is CCCCCCCCCCC/C=C\CCCCC(=O)OCC(CO)(CO)COC(=O)CCCC/C=C\CCCCCCCCCCC. The van der Waals surface area contributed by atoms with Gasteiger partial charge in [0.05, 0.1) is 18.6 Å². The maximum Gasteiger partial charge on any atom is 0.305 e. The van der Waals surface area contributed by atoms with E-state index in [2.05, 4.69) is 38.2 Å². The zero-order valence-corrected chi connectivity index (χ0v) is 31.0. The van der Waals surface area contributed by atoms with Crippen LogP contribution in [-0.2, 0) is 19.1 Å². The third-order valence-corrected chi connectivity index (χ3v) is 9.03. The number of hydrogen-bond acceptors (Lipinski definition) is 6. The molecule has 0 saturated carbocycles. The Morgan fingerprint density at radius 1 is 0.447 bits per heavy atom. The summed E-state index contributed by atoms with van der Waals surface area (Å²) >= 11 is 0. The van der Waals surface area contributed by atoms with E-state index in [-0.39, 0.29) is 25.2 Å². The zero-order valence-electron chi connectivity index (χ0n) is 31.0. The standard InChI is InChI=1S/C41H76O6/c1-3-5-7-9-11-13-15-17-19-21-23-25-27-29-31-33-39(44)46-37-41(35-42,36-43)38-47-40(45)34-32-30-28-26-24-22-20-18-16-14-12-10-8-6-4-2/h23-26,42-43H,3-22,27-38H2,1-2H3/b25-23-,26-24-. The van der Waals surface area contributed by atoms with Crippen molar-refractivity contribution in [2.24, 2.45) is 5.41 Å². The van der Waals surface area contributed by atoms with Gasteiger partial charge in [0, 0.05) is 12.8 Å². The Labute approximate surface area is 290 Å². The maximum absolute atomic E-state index is 12.2. The van der Waals surface area contributed by atoms with E-state index >= 15 is 0 Å². The summed E-state index contributed by atoms with van der Waals surface area (Å²) in [6.07, 6.45) is 41.2. The van der Waals surface area contributed by atoms with Gasteiger partial charge in [0.15, 0.2) is 0 Å². The smallest absolute Gasteiger partial charge is 0.305 e. The molecular weight excluding hydrogens is 588 g/mol. The van der Waals surface area contributed by atoms with E-state index in [1.54, 1.807) is 0 Å². The van der Waals surface area contributed by atoms with Crippen LogP contribution in [0.2, 0.25) is 0 Å². The lowest BCUT2D eigenvalue weighted by molar-refractivity contribution is -0.159. The van der Waals surface area contributed by atoms with Gasteiger partial charge < -0.3 is 19.7 Å². The van der Waals surface area contributed by atoms with Gasteiger partial charge >= 0.3 is 11.9 Å². The van der Waals surface area contributed by atoms with Crippen molar-refractivity contribution in [2.45, 2.75) is 194 Å². The molecule has 0 aliphatic heterocycles. The van der Waals surface area contributed by atoms with Crippen molar-refractivity contribution in [3.05, 3.63) is 24.3 Å². The number of aliphatic hydroxyl groups is 2. The number of unbranched alkanes of at least 4 members (excludes halogenated alkanes) is 22. The summed E-state index contributed by atoms with van der Waals surface area (Å²) < 4.78 is 10.7. The molecule has 0 radical (unpaired) electrons. The number of carbonyl (C=O) groups excluding carboxylic acids is 2. The van der Waals surface area contributed by atoms with Crippen molar-refractivity contribution in [1.82, 2.24) is 0 Å². The molecular formula is C41H76O6. The Morgan fingerprint density at radius 3 is 1.02 bits per heavy atom. The van der Waals surface area contributed by atoms with E-state index in [4.69, 9.17) is 9.47 Å². The van der Waals surface area contributed by atoms with Crippen LogP contribution in [0.1, 0.15) is 194 Å². The first-order valence-corrected chi connectivity index (χ1v) is 19.9. The lowest BCUT2D eigenvalue weighted by Gasteiger charge is -2.28. The summed E-state index contributed by atoms with van der Waals surface area (Å²) in [5.74, 6) is -0.709. The van der Waals surface area contributed by atoms with E-state index < -0.39 is 18.6 Å². The summed E-state index contributed by atoms with van der Waals surface area (Å²) in [7, 11) is 0. The van der Waals surface area contributed by atoms with Crippen molar-refractivity contribution in [1.29, 1.82) is 0 Å². The molecule has 6 nitrogen and oxygen atoms in total. The highest BCUT2D eigenvalue weighted by Crippen LogP contribution is 2.19. The fraction of sp³-hybridized carbons (Fsp3) is 0.854. The molecule has 0 amide bonds. The molecule has 0 aromatic heterocycles. The number of esters is 2. The molecule has 0 saturated heterocycles. The van der Waals surface area contributed by atoms with Crippen LogP contribution < -0.4 is 0 Å². The summed E-state index contributed by atoms with van der Waals surface area (Å²) in [6, 6.07) is 0. The van der Waals surface area contributed by atoms with Gasteiger partial charge in [-0.25, -0.2) is 0 Å². The first kappa shape index (κ1) is 45.3. The van der Waals surface area contributed by atoms with Gasteiger partial charge in [0.2, 0.25) is 0 Å². The first-order valence-electron chi connectivity index (χ1n) is 19.9. The van der Waals surface area contributed by atoms with Gasteiger partial charge in [-0.3, -0.25) is 9.59 Å². The van der Waals surface area contributed by atoms with Crippen LogP contribution in [0.25, 0.3) is 0 Å². The van der Waals surface area contributed by atoms with Crippen molar-refractivity contribution in [3.8, 4) is 0 Å². The van der Waals surface area contributed by atoms with Crippen molar-refractivity contribution in [3.63, 3.8) is 0 Å². The van der Waals surface area contributed by atoms with Crippen molar-refractivity contribution < 1.29 is 29.3 Å². The second-order valence-corrected chi connectivity index (χ2v) is 13.8. The number of ether oxygens (including phenoxy) is 2. The molecule has 6 heteroatoms. The summed E-state index contributed by atoms with van der Waals surface area (Å²) in [5.41, 5.74) is -1.18. The lowest BCUT2D eigenvalue weighted by atomic mass is 9.92. The van der Waals surface area contributed by atoms with E-state index in [0.717, 1.165) is 51.4 Å². The molecule has 0 aliphatic rings. The minimum absolute atomic E-state index is 0.172. The lowest BCUT2D eigenvalue weighted by Crippen LogP contribution is -2.41. The molecule has 0 unspecified atom stereocenters. The Balaban J connectivity index is 3.83. The number of hydrogen-bond donors (Lipinski definition) is 2. The molecule has 0 bridgehead atoms. The quantitative estimate of drug-likeness (QED) is 0.0393. The van der Waals surface area contributed by atoms with E-state index in [0.29, 0.717) is 12.8 Å². The predicted molar refractivity (Wildman–Crippen MR) is 197 cm³/mol. The highest BCUT2D eigenvalue weighted by molar-refractivity contribution is 5.69. The molecule has 0 aromatic rings. The zero-order chi connectivity index (χ0) is 34.5. The monoisotopic (exact) mass is 665 g/mol. The molecule has 0 aliphatic carbocycles. The fourth-order valence-corrected chi connectivity index (χ4v) is 5.57. The van der Waals surface area contributed by atoms with Gasteiger partial charge in [-0.1, -0.05) is 141 Å². The van der Waals surface area contributed by atoms with Gasteiger partial charge in [-0.15, -0.1) is 0 Å². The van der Waals surface area contributed by atoms with Crippen LogP contribution in [0.15, 0.2) is 24.3 Å². The number of aliphatic hydroxyl groups excluding tert-OH is 2. The average Bonchev–Trinajstić information content (AvgIpc) is 3.08. The van der Waals surface area contributed by atoms with Crippen LogP contribution in [0, 0.1) is 5.41 Å². The Morgan fingerprint density at radius 2 is 0.723 bits per heavy atom. The van der Waals surface area contributed by atoms with Gasteiger partial charge in [-0.05, 0) is 64.2 Å². The molecule has 2 N–H and O–H groups in total. The maximum atomic E-state index is 12.2. The third-order valence-electron chi connectivity index (χ3n) is 9.03. The van der Waals surface area contributed by atoms with E-state index in [9.17, 15) is 19.8 Å². The Hall–Kier alpha value is -1.66. The number of allylic oxidation sites excluding steroid dienone is 4. The summed E-state index contributed by atoms with van der Waals surface area (Å²) in [5, 5.41) is 19.8. The molecule has 47 heavy (non-hydrogen) atoms. The summed E-state index contributed by atoms with van der Waals surface area (Å²) in [4.78, 5) is 24.5. The topological polar surface area (TPSA) is 93.1 Å². The van der Waals surface area contributed by atoms with Crippen LogP contribution in [0.3, 0.4) is 0 Å². The van der Waals surface area contributed by atoms with Crippen molar-refractivity contribution >= 4 is 11.9 Å². The molecule has 0 aromatic carbocycles. The molecule has 0 rings (SSSR count). The van der Waals surface area contributed by atoms with Gasteiger partial charge in [-0.2, -0.15) is 0 Å². The molecule has 0 heterocycles. The molecule has 0 atom stereocenters. The highest BCUT2D eigenvalue weighted by atomic mass is 16.5. The van der Waals surface area contributed by atoms with Gasteiger partial charge in [0.25, 0.3) is 0 Å². The van der Waals surface area contributed by atoms with E-state index in [1.807, 2.05) is 0 Å². The van der Waals surface area contributed by atoms with Crippen LogP contribution >= 0.6 is 0 Å². The van der Waals surface area contributed by atoms with E-state index in [1.165, 1.54) is 116 Å². The minimum Gasteiger partial charge on any atom is -0.465 e. The number of rotatable bonds is 36. The normalized spacial score (nSPS) is 12.0. The second kappa shape index (κ2) is 35.6. The fourth-order valence-electron chi connectivity index (χ4n) is 5.57. The predicted octanol–water partition coefficient (Wildman–Crippen LogP) is 11.1. The van der Waals surface area contributed by atoms with Crippen molar-refractivity contribution in [2.75, 3.05) is 26.4 Å². The van der Waals surface area contributed by atoms with Gasteiger partial charge in [0.1, 0.15) is 13.2 Å². The average molecular weight is 665 g/mol. The molecule has 276 valence electrons. The Bertz CT molecular complexity index is 684. The molecule has 0 fully saturated rings.